The van der Waals surface area contributed by atoms with E-state index in [0.29, 0.717) is 121 Å². The molecule has 5 aliphatic rings. The molecule has 150 heavy (non-hydrogen) atoms. The van der Waals surface area contributed by atoms with Crippen molar-refractivity contribution in [3.05, 3.63) is 248 Å². The monoisotopic (exact) mass is 2100 g/mol. The summed E-state index contributed by atoms with van der Waals surface area (Å²) in [6.45, 7) is 20.3. The molecular weight excluding hydrogens is 1990 g/mol. The van der Waals surface area contributed by atoms with Gasteiger partial charge in [0.15, 0.2) is 86.8 Å². The highest BCUT2D eigenvalue weighted by Crippen LogP contribution is 2.48. The summed E-state index contributed by atoms with van der Waals surface area (Å²) in [4.78, 5) is 28.5. The number of hydrogen-bond acceptors (Lipinski definition) is 36. The number of fused-ring (bicyclic) bond motifs is 25. The largest absolute Gasteiger partial charge is 0.482 e. The van der Waals surface area contributed by atoms with E-state index in [1.165, 1.54) is 43.4 Å². The average Bonchev–Trinajstić information content (AvgIpc) is 1.64. The molecular formula is C103H108N32O11S4. The van der Waals surface area contributed by atoms with Crippen molar-refractivity contribution in [2.45, 2.75) is 118 Å². The first kappa shape index (κ1) is 105. The summed E-state index contributed by atoms with van der Waals surface area (Å²) in [5.41, 5.74) is 49.8. The number of nitrogen functional groups attached to an aromatic ring is 5. The van der Waals surface area contributed by atoms with E-state index in [-0.39, 0.29) is 75.6 Å². The van der Waals surface area contributed by atoms with Gasteiger partial charge in [-0.1, -0.05) is 76.3 Å². The second kappa shape index (κ2) is 42.1. The van der Waals surface area contributed by atoms with Crippen LogP contribution >= 0.6 is 11.9 Å². The molecule has 5 aliphatic heterocycles. The number of anilines is 8. The Morgan fingerprint density at radius 3 is 1.22 bits per heavy atom. The summed E-state index contributed by atoms with van der Waals surface area (Å²) in [6.07, 6.45) is 8.95. The molecule has 770 valence electrons. The van der Waals surface area contributed by atoms with Gasteiger partial charge in [0, 0.05) is 172 Å². The Morgan fingerprint density at radius 1 is 0.373 bits per heavy atom. The van der Waals surface area contributed by atoms with E-state index in [1.807, 2.05) is 142 Å². The van der Waals surface area contributed by atoms with Gasteiger partial charge >= 0.3 is 10.3 Å². The highest BCUT2D eigenvalue weighted by atomic mass is 32.2. The highest BCUT2D eigenvalue weighted by molar-refractivity contribution is 7.97. The second-order valence-electron chi connectivity index (χ2n) is 36.4. The van der Waals surface area contributed by atoms with Crippen LogP contribution in [0.15, 0.2) is 166 Å². The Hall–Kier alpha value is -17.5. The number of aryl methyl sites for hydroxylation is 10. The summed E-state index contributed by atoms with van der Waals surface area (Å²) >= 11 is 1.63. The third kappa shape index (κ3) is 21.6. The van der Waals surface area contributed by atoms with E-state index >= 15 is 0 Å². The van der Waals surface area contributed by atoms with Crippen LogP contribution in [-0.4, -0.2) is 141 Å². The van der Waals surface area contributed by atoms with Crippen molar-refractivity contribution >= 4 is 100.0 Å². The molecule has 10 bridgehead atoms. The Balaban J connectivity index is 0.000000133. The fourth-order valence-corrected chi connectivity index (χ4v) is 21.5. The van der Waals surface area contributed by atoms with E-state index in [9.17, 15) is 43.1 Å². The van der Waals surface area contributed by atoms with Crippen molar-refractivity contribution in [1.82, 2.24) is 83.2 Å². The molecule has 0 fully saturated rings. The molecule has 43 nitrogen and oxygen atoms in total. The first-order chi connectivity index (χ1) is 71.2. The van der Waals surface area contributed by atoms with Crippen LogP contribution in [0.2, 0.25) is 0 Å². The Morgan fingerprint density at radius 2 is 0.727 bits per heavy atom. The number of aromatic nitrogens is 15. The van der Waals surface area contributed by atoms with Crippen molar-refractivity contribution in [3.63, 3.8) is 0 Å². The molecule has 11 N–H and O–H groups in total. The molecule has 0 aliphatic carbocycles. The van der Waals surface area contributed by atoms with Crippen LogP contribution in [0.25, 0.3) is 55.6 Å². The number of nitrogens with zero attached hydrogens (tertiary/aromatic N) is 26. The second-order valence-corrected chi connectivity index (χ2v) is 43.4. The van der Waals surface area contributed by atoms with Gasteiger partial charge in [0.1, 0.15) is 109 Å². The smallest absolute Gasteiger partial charge is 0.408 e. The fourth-order valence-electron chi connectivity index (χ4n) is 17.5. The summed E-state index contributed by atoms with van der Waals surface area (Å²) in [6, 6.07) is 48.4. The van der Waals surface area contributed by atoms with Crippen LogP contribution in [0.1, 0.15) is 161 Å². The number of rotatable bonds is 0. The van der Waals surface area contributed by atoms with Gasteiger partial charge in [-0.05, 0) is 161 Å². The third-order valence-corrected chi connectivity index (χ3v) is 30.4. The lowest BCUT2D eigenvalue weighted by molar-refractivity contribution is -0.0432. The molecule has 0 saturated carbocycles. The minimum Gasteiger partial charge on any atom is -0.482 e. The van der Waals surface area contributed by atoms with Gasteiger partial charge in [-0.3, -0.25) is 32.0 Å². The van der Waals surface area contributed by atoms with Crippen LogP contribution in [0, 0.1) is 91.3 Å². The predicted molar refractivity (Wildman–Crippen MR) is 571 cm³/mol. The van der Waals surface area contributed by atoms with Crippen molar-refractivity contribution in [2.75, 3.05) is 82.7 Å². The molecule has 15 heterocycles. The zero-order valence-electron chi connectivity index (χ0n) is 85.9. The van der Waals surface area contributed by atoms with Gasteiger partial charge in [-0.15, -0.1) is 5.06 Å². The number of hydrogen-bond donors (Lipinski definition) is 6. The minimum atomic E-state index is -4.32. The topological polar surface area (TPSA) is 585 Å². The zero-order chi connectivity index (χ0) is 108. The zero-order valence-corrected chi connectivity index (χ0v) is 89.1. The molecule has 47 heteroatoms. The molecule has 0 saturated heterocycles. The predicted octanol–water partition coefficient (Wildman–Crippen LogP) is 16.4. The van der Waals surface area contributed by atoms with Crippen LogP contribution < -0.4 is 74.7 Å². The molecule has 7 atom stereocenters. The Labute approximate surface area is 871 Å². The van der Waals surface area contributed by atoms with E-state index in [0.717, 1.165) is 77.5 Å². The first-order valence-electron chi connectivity index (χ1n) is 46.6. The number of ether oxygens (including phenoxy) is 5. The molecule has 5 aromatic carbocycles. The molecule has 0 radical (unpaired) electrons. The summed E-state index contributed by atoms with van der Waals surface area (Å²) in [7, 11) is 5.37. The van der Waals surface area contributed by atoms with Crippen molar-refractivity contribution in [1.29, 1.82) is 26.3 Å². The SMILES string of the molecule is Cc1ccc2c(c1)[C@@H](C)Oc1cc(cnc1N)-c1c(nn(C)c1C#N)CN(C)O2.Cc1ccc2c(c1)[C@@H](C)Oc1cc(cnc1N)-c1c(nn(C)c1C#N)CN(C)S2.Cc1ccc2c(c1)[C@@H](C)Oc1cc(cnc1N)-c1c(nn(C)c1C#N)N(C)S(C)(=O)=N2.Cc1ccc2c(c1)[C@@H](C)Oc1cc(cnc1N)-c1c(nn(C)c1C#N)N=S(C)(=O)N2C.Cc1ccc2c(c1)[C@@H](C)Oc1cc(cnc1N)-c1c(nn(C)c1C#N)NS(=O)(=O)O2. The third-order valence-electron chi connectivity index (χ3n) is 25.1. The Kier molecular flexibility index (Phi) is 29.6. The average molecular weight is 2100 g/mol. The van der Waals surface area contributed by atoms with Crippen LogP contribution in [-0.2, 0) is 78.5 Å². The standard InChI is InChI=1S/2C21H23N7O2S.C21H22N6O2.C21H22N6OS.C19H18N6O4S/c1-12-6-7-16-15(8-12)13(2)30-18-9-14(11-24-20(18)23)19-17(10-22)27(3)25-21(19)26-31(5,29)28(16)4;1-12-6-7-16-15(8-12)13(2)30-18-9-14(11-24-20(18)23)19-17(10-22)27(3)25-21(19)28(4)31(5,29)26-16;1-12-5-6-18-15(7-12)13(2)28-19-8-14(10-24-21(19)23)20-16(11-26(3)29-18)25-27(4)17(20)9-22;1-12-5-6-19-15(7-12)13(2)28-18-8-14(10-24-21(18)23)20-16(11-26(3)29-19)25-27(4)17(20)9-22;1-10-4-5-15-13(6-10)11(2)28-16-7-12(9-22-18(16)21)17-14(8-20)25(3)23-19(17)24-30(26,27)29-15/h2*6-9,11,13H,1-5H3,(H2,23,24);2*5-8,10,13H,11H2,1-4H3,(H2,23,24);4-7,9,11H,1-3H3,(H2,21,22)(H,23,24)/t2*13-,31?;2*13-;11-/m11111/s1. The lowest BCUT2D eigenvalue weighted by Crippen LogP contribution is -2.26. The quantitative estimate of drug-likeness (QED) is 0.0768. The molecule has 20 rings (SSSR count). The van der Waals surface area contributed by atoms with Gasteiger partial charge in [0.2, 0.25) is 0 Å². The highest BCUT2D eigenvalue weighted by Gasteiger charge is 2.35. The molecule has 0 spiro atoms. The van der Waals surface area contributed by atoms with Crippen LogP contribution in [0.3, 0.4) is 0 Å². The van der Waals surface area contributed by atoms with Crippen molar-refractivity contribution < 1.29 is 49.5 Å². The van der Waals surface area contributed by atoms with Crippen molar-refractivity contribution in [2.24, 2.45) is 44.0 Å². The summed E-state index contributed by atoms with van der Waals surface area (Å²) in [5.74, 6) is 4.50. The van der Waals surface area contributed by atoms with E-state index in [1.54, 1.807) is 147 Å². The first-order valence-corrected chi connectivity index (χ1v) is 52.5. The van der Waals surface area contributed by atoms with Crippen LogP contribution in [0.4, 0.5) is 57.9 Å². The number of nitrogens with one attached hydrogen (secondary N) is 1. The number of nitriles is 5. The van der Waals surface area contributed by atoms with Gasteiger partial charge in [0.25, 0.3) is 0 Å². The Bertz CT molecular complexity index is 8390. The van der Waals surface area contributed by atoms with E-state index in [4.69, 9.17) is 61.4 Å². The number of hydroxylamine groups is 2. The lowest BCUT2D eigenvalue weighted by Gasteiger charge is -2.27. The number of nitrogens with two attached hydrogens (primary N) is 5. The van der Waals surface area contributed by atoms with Crippen molar-refractivity contribution in [3.8, 4) is 126 Å². The molecule has 10 aromatic heterocycles. The van der Waals surface area contributed by atoms with E-state index < -0.39 is 48.4 Å². The van der Waals surface area contributed by atoms with Gasteiger partial charge in [-0.2, -0.15) is 68.9 Å². The number of benzene rings is 5. The minimum absolute atomic E-state index is 0.0751. The lowest BCUT2D eigenvalue weighted by atomic mass is 10.0. The number of pyridine rings is 5. The molecule has 0 amide bonds. The maximum Gasteiger partial charge on any atom is 0.408 e. The van der Waals surface area contributed by atoms with Gasteiger partial charge in [0.05, 0.1) is 52.5 Å². The molecule has 2 unspecified atom stereocenters. The maximum absolute atomic E-state index is 13.7. The van der Waals surface area contributed by atoms with Crippen LogP contribution in [0.5, 0.6) is 40.2 Å². The van der Waals surface area contributed by atoms with E-state index in [2.05, 4.69) is 118 Å². The summed E-state index contributed by atoms with van der Waals surface area (Å²) < 4.78 is 113. The van der Waals surface area contributed by atoms with Gasteiger partial charge < -0.3 is 61.4 Å². The van der Waals surface area contributed by atoms with Gasteiger partial charge in [-0.25, -0.2) is 42.4 Å². The fraction of sp³-hybridized carbons (Fsp3) is 0.272. The maximum atomic E-state index is 13.7. The molecule has 15 aromatic rings. The summed E-state index contributed by atoms with van der Waals surface area (Å²) in [5, 5.41) is 72.2. The normalized spacial score (nSPS) is 18.1.